The first-order chi connectivity index (χ1) is 19.6. The Morgan fingerprint density at radius 3 is 2.08 bits per heavy atom. The average molecular weight is 589 g/mol. The van der Waals surface area contributed by atoms with Crippen molar-refractivity contribution >= 4 is 41.0 Å². The normalized spacial score (nSPS) is 11.7. The second-order valence-electron chi connectivity index (χ2n) is 9.10. The van der Waals surface area contributed by atoms with Crippen molar-refractivity contribution in [2.75, 3.05) is 0 Å². The Labute approximate surface area is 247 Å². The molecule has 0 aliphatic heterocycles. The van der Waals surface area contributed by atoms with E-state index in [-0.39, 0.29) is 6.03 Å². The highest BCUT2D eigenvalue weighted by Crippen LogP contribution is 2.33. The summed E-state index contributed by atoms with van der Waals surface area (Å²) in [4.78, 5) is 13.1. The van der Waals surface area contributed by atoms with Gasteiger partial charge in [0, 0.05) is 23.7 Å². The Balaban J connectivity index is 1.49. The highest BCUT2D eigenvalue weighted by atomic mass is 35.5. The van der Waals surface area contributed by atoms with Crippen molar-refractivity contribution < 1.29 is 4.79 Å². The SMILES string of the molecule is O=C(NCc1ccccc1)NC(Cc1ccccc1)c1nnc(SCc2ccccc2)n1-c1ccc(Cl)cc1Cl. The monoisotopic (exact) mass is 587 g/mol. The average Bonchev–Trinajstić information content (AvgIpc) is 3.40. The van der Waals surface area contributed by atoms with E-state index < -0.39 is 6.04 Å². The molecule has 0 aliphatic carbocycles. The Kier molecular flexibility index (Phi) is 9.39. The highest BCUT2D eigenvalue weighted by Gasteiger charge is 2.26. The molecule has 0 aliphatic rings. The number of halogens is 2. The van der Waals surface area contributed by atoms with Crippen molar-refractivity contribution in [1.29, 1.82) is 0 Å². The maximum Gasteiger partial charge on any atom is 0.315 e. The molecule has 0 fully saturated rings. The molecule has 0 radical (unpaired) electrons. The van der Waals surface area contributed by atoms with Crippen LogP contribution in [0.1, 0.15) is 28.6 Å². The minimum atomic E-state index is -0.497. The quantitative estimate of drug-likeness (QED) is 0.165. The van der Waals surface area contributed by atoms with Crippen LogP contribution in [0.4, 0.5) is 4.79 Å². The van der Waals surface area contributed by atoms with Gasteiger partial charge in [-0.25, -0.2) is 4.79 Å². The number of carbonyl (C=O) groups is 1. The minimum Gasteiger partial charge on any atom is -0.334 e. The zero-order chi connectivity index (χ0) is 27.7. The molecule has 9 heteroatoms. The van der Waals surface area contributed by atoms with E-state index in [1.807, 2.05) is 89.5 Å². The van der Waals surface area contributed by atoms with Crippen LogP contribution in [-0.2, 0) is 18.7 Å². The number of urea groups is 1. The zero-order valence-electron chi connectivity index (χ0n) is 21.5. The summed E-state index contributed by atoms with van der Waals surface area (Å²) in [6, 6.07) is 34.4. The van der Waals surface area contributed by atoms with Crippen LogP contribution in [0.5, 0.6) is 0 Å². The van der Waals surface area contributed by atoms with Gasteiger partial charge < -0.3 is 10.6 Å². The van der Waals surface area contributed by atoms with Crippen LogP contribution < -0.4 is 10.6 Å². The number of rotatable bonds is 10. The molecule has 1 unspecified atom stereocenters. The number of nitrogens with one attached hydrogen (secondary N) is 2. The van der Waals surface area contributed by atoms with Crippen LogP contribution in [-0.4, -0.2) is 20.8 Å². The number of thioether (sulfide) groups is 1. The van der Waals surface area contributed by atoms with Crippen molar-refractivity contribution in [3.63, 3.8) is 0 Å². The van der Waals surface area contributed by atoms with E-state index in [0.29, 0.717) is 45.4 Å². The summed E-state index contributed by atoms with van der Waals surface area (Å²) in [5.74, 6) is 1.26. The molecular formula is C31H27Cl2N5OS. The lowest BCUT2D eigenvalue weighted by Crippen LogP contribution is -2.39. The summed E-state index contributed by atoms with van der Waals surface area (Å²) < 4.78 is 1.91. The van der Waals surface area contributed by atoms with Crippen molar-refractivity contribution in [3.8, 4) is 5.69 Å². The summed E-state index contributed by atoms with van der Waals surface area (Å²) in [5, 5.41) is 16.9. The molecule has 5 aromatic rings. The molecule has 4 aromatic carbocycles. The van der Waals surface area contributed by atoms with Crippen LogP contribution in [0, 0.1) is 0 Å². The van der Waals surface area contributed by atoms with Gasteiger partial charge in [0.25, 0.3) is 0 Å². The smallest absolute Gasteiger partial charge is 0.315 e. The molecule has 0 bridgehead atoms. The van der Waals surface area contributed by atoms with Crippen LogP contribution in [0.3, 0.4) is 0 Å². The fourth-order valence-corrected chi connectivity index (χ4v) is 5.66. The lowest BCUT2D eigenvalue weighted by atomic mass is 10.1. The summed E-state index contributed by atoms with van der Waals surface area (Å²) >= 11 is 14.5. The molecule has 5 rings (SSSR count). The van der Waals surface area contributed by atoms with Gasteiger partial charge in [-0.15, -0.1) is 10.2 Å². The number of hydrogen-bond acceptors (Lipinski definition) is 4. The first-order valence-corrected chi connectivity index (χ1v) is 14.5. The van der Waals surface area contributed by atoms with Crippen LogP contribution in [0.2, 0.25) is 10.0 Å². The van der Waals surface area contributed by atoms with Crippen molar-refractivity contribution in [2.24, 2.45) is 0 Å². The fraction of sp³-hybridized carbons (Fsp3) is 0.129. The first kappa shape index (κ1) is 27.8. The van der Waals surface area contributed by atoms with Crippen molar-refractivity contribution in [3.05, 3.63) is 142 Å². The predicted molar refractivity (Wildman–Crippen MR) is 162 cm³/mol. The Morgan fingerprint density at radius 1 is 0.800 bits per heavy atom. The van der Waals surface area contributed by atoms with E-state index in [9.17, 15) is 4.79 Å². The van der Waals surface area contributed by atoms with Crippen LogP contribution in [0.25, 0.3) is 5.69 Å². The van der Waals surface area contributed by atoms with Gasteiger partial charge in [-0.3, -0.25) is 4.57 Å². The van der Waals surface area contributed by atoms with Gasteiger partial charge >= 0.3 is 6.03 Å². The third-order valence-electron chi connectivity index (χ3n) is 6.22. The molecule has 1 aromatic heterocycles. The molecule has 1 heterocycles. The molecule has 0 saturated heterocycles. The molecule has 2 N–H and O–H groups in total. The zero-order valence-corrected chi connectivity index (χ0v) is 23.8. The van der Waals surface area contributed by atoms with Gasteiger partial charge in [0.1, 0.15) is 0 Å². The lowest BCUT2D eigenvalue weighted by Gasteiger charge is -2.21. The van der Waals surface area contributed by atoms with E-state index in [4.69, 9.17) is 23.2 Å². The van der Waals surface area contributed by atoms with E-state index in [1.165, 1.54) is 0 Å². The summed E-state index contributed by atoms with van der Waals surface area (Å²) in [6.45, 7) is 0.401. The maximum atomic E-state index is 13.1. The Hall–Kier alpha value is -3.78. The number of hydrogen-bond donors (Lipinski definition) is 2. The van der Waals surface area contributed by atoms with Gasteiger partial charge in [0.05, 0.1) is 16.8 Å². The lowest BCUT2D eigenvalue weighted by molar-refractivity contribution is 0.236. The molecule has 2 amide bonds. The minimum absolute atomic E-state index is 0.306. The highest BCUT2D eigenvalue weighted by molar-refractivity contribution is 7.98. The van der Waals surface area contributed by atoms with Gasteiger partial charge in [0.2, 0.25) is 0 Å². The molecule has 40 heavy (non-hydrogen) atoms. The number of aromatic nitrogens is 3. The number of carbonyl (C=O) groups excluding carboxylic acids is 1. The Morgan fingerprint density at radius 2 is 1.43 bits per heavy atom. The van der Waals surface area contributed by atoms with E-state index in [2.05, 4.69) is 33.0 Å². The maximum absolute atomic E-state index is 13.1. The van der Waals surface area contributed by atoms with Gasteiger partial charge in [-0.2, -0.15) is 0 Å². The van der Waals surface area contributed by atoms with Crippen LogP contribution in [0.15, 0.2) is 114 Å². The molecule has 0 spiro atoms. The molecule has 202 valence electrons. The van der Waals surface area contributed by atoms with E-state index >= 15 is 0 Å². The predicted octanol–water partition coefficient (Wildman–Crippen LogP) is 7.65. The summed E-state index contributed by atoms with van der Waals surface area (Å²) in [5.41, 5.74) is 3.90. The molecule has 1 atom stereocenters. The largest absolute Gasteiger partial charge is 0.334 e. The van der Waals surface area contributed by atoms with Crippen molar-refractivity contribution in [1.82, 2.24) is 25.4 Å². The standard InChI is InChI=1S/C31H27Cl2N5OS/c32-25-16-17-28(26(33)19-25)38-29(36-37-31(38)40-21-24-14-8-3-9-15-24)27(18-22-10-4-1-5-11-22)35-30(39)34-20-23-12-6-2-7-13-23/h1-17,19,27H,18,20-21H2,(H2,34,35,39). The first-order valence-electron chi connectivity index (χ1n) is 12.8. The van der Waals surface area contributed by atoms with E-state index in [0.717, 1.165) is 16.7 Å². The topological polar surface area (TPSA) is 71.8 Å². The molecule has 0 saturated carbocycles. The van der Waals surface area contributed by atoms with Gasteiger partial charge in [-0.05, 0) is 34.9 Å². The van der Waals surface area contributed by atoms with Crippen LogP contribution >= 0.6 is 35.0 Å². The van der Waals surface area contributed by atoms with Gasteiger partial charge in [0.15, 0.2) is 11.0 Å². The summed E-state index contributed by atoms with van der Waals surface area (Å²) in [7, 11) is 0. The number of benzene rings is 4. The second kappa shape index (κ2) is 13.5. The third kappa shape index (κ3) is 7.24. The summed E-state index contributed by atoms with van der Waals surface area (Å²) in [6.07, 6.45) is 0.506. The Bertz CT molecular complexity index is 1550. The second-order valence-corrected chi connectivity index (χ2v) is 10.9. The van der Waals surface area contributed by atoms with E-state index in [1.54, 1.807) is 23.9 Å². The molecular weight excluding hydrogens is 561 g/mol. The fourth-order valence-electron chi connectivity index (χ4n) is 4.26. The number of amides is 2. The van der Waals surface area contributed by atoms with Crippen molar-refractivity contribution in [2.45, 2.75) is 29.9 Å². The molecule has 6 nitrogen and oxygen atoms in total. The van der Waals surface area contributed by atoms with Gasteiger partial charge in [-0.1, -0.05) is 126 Å². The third-order valence-corrected chi connectivity index (χ3v) is 7.75. The number of nitrogens with zero attached hydrogens (tertiary/aromatic N) is 3.